The molecule has 1 heterocycles. The van der Waals surface area contributed by atoms with Gasteiger partial charge in [-0.1, -0.05) is 13.8 Å². The Morgan fingerprint density at radius 1 is 1.50 bits per heavy atom. The summed E-state index contributed by atoms with van der Waals surface area (Å²) < 4.78 is 0. The fraction of sp³-hybridized carbons (Fsp3) is 0.500. The fourth-order valence-electron chi connectivity index (χ4n) is 1.40. The first-order chi connectivity index (χ1) is 7.65. The summed E-state index contributed by atoms with van der Waals surface area (Å²) in [5, 5.41) is 12.0. The number of nitriles is 1. The van der Waals surface area contributed by atoms with Crippen molar-refractivity contribution < 1.29 is 0 Å². The molecule has 0 saturated carbocycles. The molecule has 0 radical (unpaired) electrons. The molecular weight excluding hydrogens is 200 g/mol. The lowest BCUT2D eigenvalue weighted by atomic mass is 9.94. The second-order valence-electron chi connectivity index (χ2n) is 3.93. The SMILES string of the molecule is CCC(N)(CC)CNc1ncccc1C#N. The highest BCUT2D eigenvalue weighted by molar-refractivity contribution is 5.51. The third-order valence-electron chi connectivity index (χ3n) is 2.94. The van der Waals surface area contributed by atoms with Crippen LogP contribution in [-0.4, -0.2) is 17.1 Å². The van der Waals surface area contributed by atoms with Gasteiger partial charge >= 0.3 is 0 Å². The van der Waals surface area contributed by atoms with Crippen LogP contribution in [0.3, 0.4) is 0 Å². The van der Waals surface area contributed by atoms with E-state index >= 15 is 0 Å². The summed E-state index contributed by atoms with van der Waals surface area (Å²) in [5.41, 5.74) is 6.48. The summed E-state index contributed by atoms with van der Waals surface area (Å²) in [4.78, 5) is 4.13. The highest BCUT2D eigenvalue weighted by Gasteiger charge is 2.20. The molecule has 86 valence electrons. The number of hydrogen-bond donors (Lipinski definition) is 2. The Balaban J connectivity index is 2.72. The summed E-state index contributed by atoms with van der Waals surface area (Å²) in [5.74, 6) is 0.613. The fourth-order valence-corrected chi connectivity index (χ4v) is 1.40. The van der Waals surface area contributed by atoms with Crippen LogP contribution >= 0.6 is 0 Å². The van der Waals surface area contributed by atoms with Crippen LogP contribution in [0.2, 0.25) is 0 Å². The van der Waals surface area contributed by atoms with Crippen LogP contribution in [0.25, 0.3) is 0 Å². The molecule has 1 aromatic rings. The van der Waals surface area contributed by atoms with Crippen molar-refractivity contribution in [2.75, 3.05) is 11.9 Å². The lowest BCUT2D eigenvalue weighted by Crippen LogP contribution is -2.45. The number of nitrogens with zero attached hydrogens (tertiary/aromatic N) is 2. The van der Waals surface area contributed by atoms with Gasteiger partial charge in [-0.2, -0.15) is 5.26 Å². The molecule has 0 bridgehead atoms. The van der Waals surface area contributed by atoms with Gasteiger partial charge in [-0.15, -0.1) is 0 Å². The minimum Gasteiger partial charge on any atom is -0.367 e. The minimum atomic E-state index is -0.232. The lowest BCUT2D eigenvalue weighted by molar-refractivity contribution is 0.418. The van der Waals surface area contributed by atoms with Gasteiger partial charge in [0, 0.05) is 18.3 Å². The monoisotopic (exact) mass is 218 g/mol. The highest BCUT2D eigenvalue weighted by atomic mass is 15.0. The van der Waals surface area contributed by atoms with Gasteiger partial charge in [-0.3, -0.25) is 0 Å². The largest absolute Gasteiger partial charge is 0.367 e. The van der Waals surface area contributed by atoms with Gasteiger partial charge in [-0.05, 0) is 25.0 Å². The number of nitrogens with one attached hydrogen (secondary N) is 1. The topological polar surface area (TPSA) is 74.7 Å². The van der Waals surface area contributed by atoms with E-state index in [0.29, 0.717) is 17.9 Å². The molecule has 0 saturated heterocycles. The number of anilines is 1. The smallest absolute Gasteiger partial charge is 0.143 e. The Morgan fingerprint density at radius 3 is 2.75 bits per heavy atom. The second kappa shape index (κ2) is 5.47. The Hall–Kier alpha value is -1.60. The molecule has 0 spiro atoms. The molecule has 0 fully saturated rings. The Bertz CT molecular complexity index is 377. The van der Waals surface area contributed by atoms with Crippen LogP contribution < -0.4 is 11.1 Å². The van der Waals surface area contributed by atoms with Crippen molar-refractivity contribution in [3.8, 4) is 6.07 Å². The average Bonchev–Trinajstić information content (AvgIpc) is 2.36. The molecule has 16 heavy (non-hydrogen) atoms. The third kappa shape index (κ3) is 2.94. The van der Waals surface area contributed by atoms with Crippen LogP contribution in [0.5, 0.6) is 0 Å². The average molecular weight is 218 g/mol. The number of pyridine rings is 1. The number of hydrogen-bond acceptors (Lipinski definition) is 4. The van der Waals surface area contributed by atoms with E-state index in [4.69, 9.17) is 11.0 Å². The first-order valence-electron chi connectivity index (χ1n) is 5.53. The van der Waals surface area contributed by atoms with Gasteiger partial charge in [0.1, 0.15) is 11.9 Å². The van der Waals surface area contributed by atoms with Crippen LogP contribution in [0, 0.1) is 11.3 Å². The quantitative estimate of drug-likeness (QED) is 0.791. The lowest BCUT2D eigenvalue weighted by Gasteiger charge is -2.27. The predicted molar refractivity (Wildman–Crippen MR) is 64.9 cm³/mol. The van der Waals surface area contributed by atoms with E-state index in [1.165, 1.54) is 0 Å². The van der Waals surface area contributed by atoms with E-state index in [2.05, 4.69) is 30.2 Å². The molecule has 1 rings (SSSR count). The molecule has 4 heteroatoms. The van der Waals surface area contributed by atoms with Gasteiger partial charge in [0.2, 0.25) is 0 Å². The Kier molecular flexibility index (Phi) is 4.27. The maximum atomic E-state index is 8.90. The van der Waals surface area contributed by atoms with Gasteiger partial charge < -0.3 is 11.1 Å². The van der Waals surface area contributed by atoms with Gasteiger partial charge in [0.05, 0.1) is 5.56 Å². The molecule has 0 aliphatic carbocycles. The molecule has 0 aromatic carbocycles. The summed E-state index contributed by atoms with van der Waals surface area (Å²) in [6, 6.07) is 5.59. The van der Waals surface area contributed by atoms with Crippen molar-refractivity contribution in [3.63, 3.8) is 0 Å². The van der Waals surface area contributed by atoms with Crippen molar-refractivity contribution in [1.82, 2.24) is 4.98 Å². The summed E-state index contributed by atoms with van der Waals surface area (Å²) in [7, 11) is 0. The van der Waals surface area contributed by atoms with E-state index < -0.39 is 0 Å². The number of aromatic nitrogens is 1. The van der Waals surface area contributed by atoms with Gasteiger partial charge in [-0.25, -0.2) is 4.98 Å². The van der Waals surface area contributed by atoms with E-state index in [0.717, 1.165) is 12.8 Å². The van der Waals surface area contributed by atoms with Crippen LogP contribution in [-0.2, 0) is 0 Å². The van der Waals surface area contributed by atoms with Crippen molar-refractivity contribution >= 4 is 5.82 Å². The summed E-state index contributed by atoms with van der Waals surface area (Å²) in [6.07, 6.45) is 3.45. The number of rotatable bonds is 5. The zero-order chi connectivity index (χ0) is 12.0. The predicted octanol–water partition coefficient (Wildman–Crippen LogP) is 1.88. The molecule has 0 atom stereocenters. The van der Waals surface area contributed by atoms with E-state index in [1.807, 2.05) is 0 Å². The standard InChI is InChI=1S/C12H18N4/c1-3-12(14,4-2)9-16-11-10(8-13)6-5-7-15-11/h5-7H,3-4,9,14H2,1-2H3,(H,15,16). The van der Waals surface area contributed by atoms with Crippen LogP contribution in [0.4, 0.5) is 5.82 Å². The maximum absolute atomic E-state index is 8.90. The van der Waals surface area contributed by atoms with Crippen molar-refractivity contribution in [3.05, 3.63) is 23.9 Å². The van der Waals surface area contributed by atoms with E-state index in [1.54, 1.807) is 18.3 Å². The first-order valence-corrected chi connectivity index (χ1v) is 5.53. The van der Waals surface area contributed by atoms with E-state index in [-0.39, 0.29) is 5.54 Å². The van der Waals surface area contributed by atoms with Crippen LogP contribution in [0.1, 0.15) is 32.3 Å². The zero-order valence-electron chi connectivity index (χ0n) is 9.83. The molecule has 0 aliphatic heterocycles. The molecule has 4 nitrogen and oxygen atoms in total. The molecule has 1 aromatic heterocycles. The Morgan fingerprint density at radius 2 is 2.19 bits per heavy atom. The zero-order valence-corrected chi connectivity index (χ0v) is 9.83. The maximum Gasteiger partial charge on any atom is 0.143 e. The summed E-state index contributed by atoms with van der Waals surface area (Å²) in [6.45, 7) is 4.76. The molecule has 0 unspecified atom stereocenters. The molecule has 0 amide bonds. The van der Waals surface area contributed by atoms with Crippen molar-refractivity contribution in [2.24, 2.45) is 5.73 Å². The molecule has 3 N–H and O–H groups in total. The minimum absolute atomic E-state index is 0.232. The molecule has 0 aliphatic rings. The molecular formula is C12H18N4. The highest BCUT2D eigenvalue weighted by Crippen LogP contribution is 2.15. The van der Waals surface area contributed by atoms with Gasteiger partial charge in [0.25, 0.3) is 0 Å². The normalized spacial score (nSPS) is 10.9. The van der Waals surface area contributed by atoms with E-state index in [9.17, 15) is 0 Å². The second-order valence-corrected chi connectivity index (χ2v) is 3.93. The summed E-state index contributed by atoms with van der Waals surface area (Å²) >= 11 is 0. The van der Waals surface area contributed by atoms with Gasteiger partial charge in [0.15, 0.2) is 0 Å². The Labute approximate surface area is 96.5 Å². The first kappa shape index (κ1) is 12.5. The van der Waals surface area contributed by atoms with Crippen molar-refractivity contribution in [2.45, 2.75) is 32.2 Å². The third-order valence-corrected chi connectivity index (χ3v) is 2.94. The van der Waals surface area contributed by atoms with Crippen LogP contribution in [0.15, 0.2) is 18.3 Å². The number of nitrogens with two attached hydrogens (primary N) is 1. The van der Waals surface area contributed by atoms with Crippen molar-refractivity contribution in [1.29, 1.82) is 5.26 Å².